The van der Waals surface area contributed by atoms with Crippen molar-refractivity contribution in [3.05, 3.63) is 40.3 Å². The Morgan fingerprint density at radius 1 is 1.41 bits per heavy atom. The minimum Gasteiger partial charge on any atom is -0.486 e. The van der Waals surface area contributed by atoms with E-state index in [1.807, 2.05) is 38.1 Å². The van der Waals surface area contributed by atoms with Crippen LogP contribution >= 0.6 is 11.3 Å². The van der Waals surface area contributed by atoms with Crippen LogP contribution in [0, 0.1) is 6.92 Å². The van der Waals surface area contributed by atoms with E-state index in [2.05, 4.69) is 4.98 Å². The number of hydrogen-bond acceptors (Lipinski definition) is 5. The number of thiazole rings is 1. The molecule has 6 heteroatoms. The molecule has 0 bridgehead atoms. The molecule has 1 aromatic heterocycles. The van der Waals surface area contributed by atoms with Crippen molar-refractivity contribution in [2.45, 2.75) is 20.0 Å². The van der Waals surface area contributed by atoms with Gasteiger partial charge in [-0.15, -0.1) is 11.3 Å². The smallest absolute Gasteiger partial charge is 0.265 e. The highest BCUT2D eigenvalue weighted by atomic mass is 32.1. The van der Waals surface area contributed by atoms with E-state index in [0.29, 0.717) is 24.6 Å². The van der Waals surface area contributed by atoms with Gasteiger partial charge in [0.05, 0.1) is 17.7 Å². The lowest BCUT2D eigenvalue weighted by molar-refractivity contribution is 0.0477. The minimum atomic E-state index is -0.160. The molecule has 2 aromatic rings. The fourth-order valence-corrected chi connectivity index (χ4v) is 3.17. The molecule has 0 aliphatic carbocycles. The van der Waals surface area contributed by atoms with E-state index in [1.165, 1.54) is 11.3 Å². The molecule has 0 unspecified atom stereocenters. The first-order chi connectivity index (χ1) is 10.7. The molecule has 0 N–H and O–H groups in total. The number of rotatable bonds is 4. The maximum absolute atomic E-state index is 12.6. The molecule has 3 rings (SSSR count). The van der Waals surface area contributed by atoms with Crippen LogP contribution in [0.2, 0.25) is 0 Å². The number of benzene rings is 1. The second kappa shape index (κ2) is 6.36. The van der Waals surface area contributed by atoms with Gasteiger partial charge in [0.2, 0.25) is 0 Å². The number of hydrogen-bond donors (Lipinski definition) is 0. The van der Waals surface area contributed by atoms with Crippen LogP contribution in [0.1, 0.15) is 22.3 Å². The largest absolute Gasteiger partial charge is 0.486 e. The van der Waals surface area contributed by atoms with E-state index in [-0.39, 0.29) is 12.0 Å². The summed E-state index contributed by atoms with van der Waals surface area (Å²) in [4.78, 5) is 19.2. The Bertz CT molecular complexity index is 671. The molecule has 116 valence electrons. The number of carbonyl (C=O) groups excluding carboxylic acids is 1. The topological polar surface area (TPSA) is 51.7 Å². The number of nitrogens with zero attached hydrogens (tertiary/aromatic N) is 2. The standard InChI is InChI=1S/C16H18N2O3S/c1-3-18(16(19)15-11(2)17-10-22-15)8-12-9-20-13-6-4-5-7-14(13)21-12/h4-7,10,12H,3,8-9H2,1-2H3/t12-/m1/s1. The molecule has 1 aliphatic rings. The molecule has 0 spiro atoms. The first-order valence-corrected chi connectivity index (χ1v) is 8.15. The van der Waals surface area contributed by atoms with Gasteiger partial charge in [-0.2, -0.15) is 0 Å². The Morgan fingerprint density at radius 3 is 2.86 bits per heavy atom. The van der Waals surface area contributed by atoms with Crippen LogP contribution in [0.3, 0.4) is 0 Å². The van der Waals surface area contributed by atoms with Gasteiger partial charge in [0.1, 0.15) is 11.5 Å². The molecule has 2 heterocycles. The molecule has 0 saturated carbocycles. The zero-order valence-corrected chi connectivity index (χ0v) is 13.4. The van der Waals surface area contributed by atoms with Gasteiger partial charge in [-0.3, -0.25) is 4.79 Å². The summed E-state index contributed by atoms with van der Waals surface area (Å²) < 4.78 is 11.6. The normalized spacial score (nSPS) is 16.4. The summed E-state index contributed by atoms with van der Waals surface area (Å²) in [6.45, 7) is 5.39. The summed E-state index contributed by atoms with van der Waals surface area (Å²) in [5.74, 6) is 1.49. The van der Waals surface area contributed by atoms with Crippen molar-refractivity contribution in [3.8, 4) is 11.5 Å². The predicted molar refractivity (Wildman–Crippen MR) is 84.8 cm³/mol. The van der Waals surface area contributed by atoms with Crippen molar-refractivity contribution in [2.24, 2.45) is 0 Å². The maximum Gasteiger partial charge on any atom is 0.265 e. The van der Waals surface area contributed by atoms with Crippen molar-refractivity contribution in [1.82, 2.24) is 9.88 Å². The van der Waals surface area contributed by atoms with E-state index in [4.69, 9.17) is 9.47 Å². The number of fused-ring (bicyclic) bond motifs is 1. The first kappa shape index (κ1) is 14.8. The Morgan fingerprint density at radius 2 is 2.18 bits per heavy atom. The fraction of sp³-hybridized carbons (Fsp3) is 0.375. The summed E-state index contributed by atoms with van der Waals surface area (Å²) in [7, 11) is 0. The Kier molecular flexibility index (Phi) is 4.29. The van der Waals surface area contributed by atoms with Gasteiger partial charge < -0.3 is 14.4 Å². The number of aryl methyl sites for hydroxylation is 1. The van der Waals surface area contributed by atoms with Gasteiger partial charge in [0, 0.05) is 6.54 Å². The summed E-state index contributed by atoms with van der Waals surface area (Å²) in [5.41, 5.74) is 2.48. The molecular weight excluding hydrogens is 300 g/mol. The van der Waals surface area contributed by atoms with Crippen molar-refractivity contribution >= 4 is 17.2 Å². The number of carbonyl (C=O) groups is 1. The highest BCUT2D eigenvalue weighted by Crippen LogP contribution is 2.31. The molecular formula is C16H18N2O3S. The Hall–Kier alpha value is -2.08. The minimum absolute atomic E-state index is 0.00459. The van der Waals surface area contributed by atoms with Crippen molar-refractivity contribution in [1.29, 1.82) is 0 Å². The number of para-hydroxylation sites is 2. The second-order valence-electron chi connectivity index (χ2n) is 5.11. The SMILES string of the molecule is CCN(C[C@@H]1COc2ccccc2O1)C(=O)c1scnc1C. The molecule has 1 aliphatic heterocycles. The van der Waals surface area contributed by atoms with Crippen LogP contribution < -0.4 is 9.47 Å². The molecule has 0 fully saturated rings. The van der Waals surface area contributed by atoms with Crippen molar-refractivity contribution in [3.63, 3.8) is 0 Å². The van der Waals surface area contributed by atoms with Gasteiger partial charge in [0.15, 0.2) is 17.6 Å². The fourth-order valence-electron chi connectivity index (χ4n) is 2.41. The Labute approximate surface area is 133 Å². The van der Waals surface area contributed by atoms with Gasteiger partial charge in [-0.05, 0) is 26.0 Å². The van der Waals surface area contributed by atoms with Gasteiger partial charge >= 0.3 is 0 Å². The third-order valence-electron chi connectivity index (χ3n) is 3.60. The number of aromatic nitrogens is 1. The van der Waals surface area contributed by atoms with Crippen molar-refractivity contribution < 1.29 is 14.3 Å². The average Bonchev–Trinajstić information content (AvgIpc) is 2.98. The zero-order valence-electron chi connectivity index (χ0n) is 12.6. The lowest BCUT2D eigenvalue weighted by atomic mass is 10.2. The number of amides is 1. The quantitative estimate of drug-likeness (QED) is 0.870. The summed E-state index contributed by atoms with van der Waals surface area (Å²) in [6.07, 6.45) is -0.160. The third-order valence-corrected chi connectivity index (χ3v) is 4.52. The molecule has 5 nitrogen and oxygen atoms in total. The monoisotopic (exact) mass is 318 g/mol. The zero-order chi connectivity index (χ0) is 15.5. The van der Waals surface area contributed by atoms with Gasteiger partial charge in [-0.1, -0.05) is 12.1 Å². The highest BCUT2D eigenvalue weighted by molar-refractivity contribution is 7.11. The van der Waals surface area contributed by atoms with Crippen LogP contribution in [-0.4, -0.2) is 41.6 Å². The molecule has 22 heavy (non-hydrogen) atoms. The van der Waals surface area contributed by atoms with E-state index < -0.39 is 0 Å². The van der Waals surface area contributed by atoms with E-state index >= 15 is 0 Å². The summed E-state index contributed by atoms with van der Waals surface area (Å²) in [6, 6.07) is 7.59. The van der Waals surface area contributed by atoms with Crippen LogP contribution in [0.4, 0.5) is 0 Å². The second-order valence-corrected chi connectivity index (χ2v) is 5.96. The van der Waals surface area contributed by atoms with Gasteiger partial charge in [-0.25, -0.2) is 4.98 Å². The molecule has 1 amide bonds. The van der Waals surface area contributed by atoms with Crippen LogP contribution in [0.25, 0.3) is 0 Å². The van der Waals surface area contributed by atoms with Crippen LogP contribution in [-0.2, 0) is 0 Å². The summed E-state index contributed by atoms with van der Waals surface area (Å²) >= 11 is 1.38. The maximum atomic E-state index is 12.6. The van der Waals surface area contributed by atoms with Crippen LogP contribution in [0.5, 0.6) is 11.5 Å². The average molecular weight is 318 g/mol. The predicted octanol–water partition coefficient (Wildman–Crippen LogP) is 2.75. The number of likely N-dealkylation sites (N-methyl/N-ethyl adjacent to an activating group) is 1. The van der Waals surface area contributed by atoms with E-state index in [0.717, 1.165) is 17.2 Å². The van der Waals surface area contributed by atoms with E-state index in [9.17, 15) is 4.79 Å². The molecule has 0 saturated heterocycles. The van der Waals surface area contributed by atoms with Crippen molar-refractivity contribution in [2.75, 3.05) is 19.7 Å². The number of ether oxygens (including phenoxy) is 2. The molecule has 0 radical (unpaired) electrons. The first-order valence-electron chi connectivity index (χ1n) is 7.27. The van der Waals surface area contributed by atoms with Gasteiger partial charge in [0.25, 0.3) is 5.91 Å². The lowest BCUT2D eigenvalue weighted by Crippen LogP contribution is -2.43. The molecule has 1 atom stereocenters. The third kappa shape index (κ3) is 2.92. The van der Waals surface area contributed by atoms with E-state index in [1.54, 1.807) is 10.4 Å². The Balaban J connectivity index is 1.69. The summed E-state index contributed by atoms with van der Waals surface area (Å²) in [5, 5.41) is 0. The highest BCUT2D eigenvalue weighted by Gasteiger charge is 2.26. The molecule has 1 aromatic carbocycles. The lowest BCUT2D eigenvalue weighted by Gasteiger charge is -2.30. The van der Waals surface area contributed by atoms with Crippen LogP contribution in [0.15, 0.2) is 29.8 Å².